The Bertz CT molecular complexity index is 175. The molecule has 0 aliphatic rings. The van der Waals surface area contributed by atoms with Gasteiger partial charge in [-0.25, -0.2) is 4.98 Å². The van der Waals surface area contributed by atoms with Crippen molar-refractivity contribution in [1.82, 2.24) is 9.55 Å². The fourth-order valence-corrected chi connectivity index (χ4v) is 0.632. The number of ether oxygens (including phenoxy) is 2. The van der Waals surface area contributed by atoms with E-state index in [4.69, 9.17) is 9.47 Å². The van der Waals surface area contributed by atoms with E-state index in [0.717, 1.165) is 0 Å². The third-order valence-electron chi connectivity index (χ3n) is 1.17. The molecule has 1 rings (SSSR count). The second-order valence-electron chi connectivity index (χ2n) is 2.03. The van der Waals surface area contributed by atoms with Gasteiger partial charge in [0.25, 0.3) is 0 Å². The van der Waals surface area contributed by atoms with Crippen LogP contribution in [-0.2, 0) is 16.2 Å². The fraction of sp³-hybridized carbons (Fsp3) is 0.571. The second-order valence-corrected chi connectivity index (χ2v) is 2.03. The highest BCUT2D eigenvalue weighted by Crippen LogP contribution is 1.85. The molecular weight excluding hydrogens is 144 g/mol. The van der Waals surface area contributed by atoms with Crippen LogP contribution in [0.4, 0.5) is 0 Å². The summed E-state index contributed by atoms with van der Waals surface area (Å²) >= 11 is 0. The summed E-state index contributed by atoms with van der Waals surface area (Å²) in [6.45, 7) is 1.71. The van der Waals surface area contributed by atoms with E-state index in [1.807, 2.05) is 0 Å². The first-order chi connectivity index (χ1) is 5.43. The van der Waals surface area contributed by atoms with Gasteiger partial charge in [0, 0.05) is 19.5 Å². The van der Waals surface area contributed by atoms with Crippen LogP contribution >= 0.6 is 0 Å². The first-order valence-electron chi connectivity index (χ1n) is 3.39. The summed E-state index contributed by atoms with van der Waals surface area (Å²) < 4.78 is 11.7. The zero-order valence-electron chi connectivity index (χ0n) is 6.49. The quantitative estimate of drug-likeness (QED) is 0.574. The van der Waals surface area contributed by atoms with Gasteiger partial charge in [-0.15, -0.1) is 0 Å². The van der Waals surface area contributed by atoms with Crippen LogP contribution in [0.5, 0.6) is 0 Å². The van der Waals surface area contributed by atoms with Crippen molar-refractivity contribution in [3.05, 3.63) is 18.7 Å². The Morgan fingerprint density at radius 1 is 1.55 bits per heavy atom. The minimum absolute atomic E-state index is 0.489. The van der Waals surface area contributed by atoms with Crippen molar-refractivity contribution < 1.29 is 9.47 Å². The van der Waals surface area contributed by atoms with Gasteiger partial charge in [-0.05, 0) is 0 Å². The van der Waals surface area contributed by atoms with E-state index in [0.29, 0.717) is 19.9 Å². The van der Waals surface area contributed by atoms with Crippen LogP contribution in [0.2, 0.25) is 0 Å². The van der Waals surface area contributed by atoms with Crippen molar-refractivity contribution in [2.45, 2.75) is 6.73 Å². The summed E-state index contributed by atoms with van der Waals surface area (Å²) in [6, 6.07) is 0. The standard InChI is InChI=1S/C7H11N2O2/c1-10-4-5-11-7-9-3-2-8-6-9/h2-3H,4-5,7H2,1H3. The van der Waals surface area contributed by atoms with E-state index in [9.17, 15) is 0 Å². The van der Waals surface area contributed by atoms with E-state index >= 15 is 0 Å². The molecule has 11 heavy (non-hydrogen) atoms. The predicted octanol–water partition coefficient (Wildman–Crippen LogP) is 0.304. The molecule has 0 aromatic carbocycles. The van der Waals surface area contributed by atoms with E-state index in [1.54, 1.807) is 24.1 Å². The summed E-state index contributed by atoms with van der Waals surface area (Å²) in [6.07, 6.45) is 6.18. The molecule has 0 amide bonds. The Kier molecular flexibility index (Phi) is 3.64. The molecule has 0 N–H and O–H groups in total. The van der Waals surface area contributed by atoms with E-state index < -0.39 is 0 Å². The number of hydrogen-bond donors (Lipinski definition) is 0. The second kappa shape index (κ2) is 4.87. The average molecular weight is 155 g/mol. The Morgan fingerprint density at radius 2 is 2.45 bits per heavy atom. The molecule has 1 heterocycles. The van der Waals surface area contributed by atoms with Gasteiger partial charge < -0.3 is 14.0 Å². The van der Waals surface area contributed by atoms with Gasteiger partial charge in [0.15, 0.2) is 6.33 Å². The minimum Gasteiger partial charge on any atom is -0.382 e. The third-order valence-corrected chi connectivity index (χ3v) is 1.17. The average Bonchev–Trinajstić information content (AvgIpc) is 2.50. The van der Waals surface area contributed by atoms with E-state index in [-0.39, 0.29) is 0 Å². The van der Waals surface area contributed by atoms with Crippen molar-refractivity contribution in [3.8, 4) is 0 Å². The highest BCUT2D eigenvalue weighted by Gasteiger charge is 1.88. The van der Waals surface area contributed by atoms with Crippen molar-refractivity contribution in [2.24, 2.45) is 0 Å². The molecule has 61 valence electrons. The van der Waals surface area contributed by atoms with Crippen LogP contribution < -0.4 is 0 Å². The summed E-state index contributed by atoms with van der Waals surface area (Å²) in [5.74, 6) is 0. The number of aromatic nitrogens is 2. The number of nitrogens with zero attached hydrogens (tertiary/aromatic N) is 2. The maximum Gasteiger partial charge on any atom is 0.178 e. The zero-order valence-corrected chi connectivity index (χ0v) is 6.49. The van der Waals surface area contributed by atoms with Crippen LogP contribution in [0.1, 0.15) is 0 Å². The summed E-state index contributed by atoms with van der Waals surface area (Å²) in [5.41, 5.74) is 0. The summed E-state index contributed by atoms with van der Waals surface area (Å²) in [7, 11) is 1.65. The van der Waals surface area contributed by atoms with Gasteiger partial charge >= 0.3 is 0 Å². The molecule has 0 atom stereocenters. The number of rotatable bonds is 5. The van der Waals surface area contributed by atoms with Gasteiger partial charge in [0.1, 0.15) is 6.73 Å². The van der Waals surface area contributed by atoms with Crippen molar-refractivity contribution >= 4 is 0 Å². The Hall–Kier alpha value is -0.870. The molecule has 4 heteroatoms. The lowest BCUT2D eigenvalue weighted by Crippen LogP contribution is -2.05. The molecule has 0 fully saturated rings. The Labute approximate surface area is 65.8 Å². The predicted molar refractivity (Wildman–Crippen MR) is 38.9 cm³/mol. The first kappa shape index (κ1) is 8.23. The maximum absolute atomic E-state index is 5.19. The van der Waals surface area contributed by atoms with Crippen molar-refractivity contribution in [3.63, 3.8) is 0 Å². The van der Waals surface area contributed by atoms with Gasteiger partial charge in [-0.3, -0.25) is 0 Å². The highest BCUT2D eigenvalue weighted by atomic mass is 16.5. The van der Waals surface area contributed by atoms with E-state index in [2.05, 4.69) is 11.3 Å². The lowest BCUT2D eigenvalue weighted by atomic mass is 10.8. The lowest BCUT2D eigenvalue weighted by Gasteiger charge is -2.02. The van der Waals surface area contributed by atoms with Crippen LogP contribution in [0.25, 0.3) is 0 Å². The van der Waals surface area contributed by atoms with E-state index in [1.165, 1.54) is 0 Å². The number of hydrogen-bond acceptors (Lipinski definition) is 3. The molecule has 0 bridgehead atoms. The lowest BCUT2D eigenvalue weighted by molar-refractivity contribution is 0.0338. The molecule has 0 saturated heterocycles. The van der Waals surface area contributed by atoms with Gasteiger partial charge in [0.2, 0.25) is 0 Å². The van der Waals surface area contributed by atoms with Crippen LogP contribution in [-0.4, -0.2) is 29.9 Å². The van der Waals surface area contributed by atoms with Gasteiger partial charge in [-0.2, -0.15) is 0 Å². The molecule has 0 spiro atoms. The topological polar surface area (TPSA) is 36.3 Å². The van der Waals surface area contributed by atoms with Crippen molar-refractivity contribution in [2.75, 3.05) is 20.3 Å². The summed E-state index contributed by atoms with van der Waals surface area (Å²) in [5, 5.41) is 0. The van der Waals surface area contributed by atoms with Crippen LogP contribution in [0, 0.1) is 6.33 Å². The van der Waals surface area contributed by atoms with Crippen LogP contribution in [0.3, 0.4) is 0 Å². The summed E-state index contributed by atoms with van der Waals surface area (Å²) in [4.78, 5) is 3.75. The number of methoxy groups -OCH3 is 1. The van der Waals surface area contributed by atoms with Crippen LogP contribution in [0.15, 0.2) is 12.4 Å². The molecule has 4 nitrogen and oxygen atoms in total. The van der Waals surface area contributed by atoms with Gasteiger partial charge in [0.05, 0.1) is 13.2 Å². The molecule has 1 aromatic heterocycles. The number of imidazole rings is 1. The zero-order chi connectivity index (χ0) is 7.94. The molecule has 0 unspecified atom stereocenters. The maximum atomic E-state index is 5.19. The normalized spacial score (nSPS) is 10.3. The molecule has 1 aromatic rings. The molecular formula is C7H11N2O2. The SMILES string of the molecule is COCCOCn1[c]ncc1. The fourth-order valence-electron chi connectivity index (χ4n) is 0.632. The first-order valence-corrected chi connectivity index (χ1v) is 3.39. The molecule has 0 aliphatic carbocycles. The Morgan fingerprint density at radius 3 is 3.09 bits per heavy atom. The minimum atomic E-state index is 0.489. The Balaban J connectivity index is 2.04. The highest BCUT2D eigenvalue weighted by molar-refractivity contribution is 4.70. The van der Waals surface area contributed by atoms with Gasteiger partial charge in [-0.1, -0.05) is 0 Å². The molecule has 0 saturated carbocycles. The van der Waals surface area contributed by atoms with Crippen molar-refractivity contribution in [1.29, 1.82) is 0 Å². The molecule has 0 aliphatic heterocycles. The monoisotopic (exact) mass is 155 g/mol. The smallest absolute Gasteiger partial charge is 0.178 e. The third kappa shape index (κ3) is 3.15. The largest absolute Gasteiger partial charge is 0.382 e. The molecule has 1 radical (unpaired) electrons.